The molecule has 3 rings (SSSR count). The van der Waals surface area contributed by atoms with E-state index in [-0.39, 0.29) is 17.8 Å². The molecule has 1 atom stereocenters. The summed E-state index contributed by atoms with van der Waals surface area (Å²) < 4.78 is 10.1. The number of anilines is 1. The number of rotatable bonds is 4. The molecule has 10 heteroatoms. The number of methoxy groups -OCH3 is 1. The van der Waals surface area contributed by atoms with Crippen LogP contribution < -0.4 is 15.4 Å². The number of non-ortho nitro benzene ring substituents is 1. The Kier molecular flexibility index (Phi) is 4.02. The fraction of sp³-hybridized carbons (Fsp3) is 0.357. The minimum absolute atomic E-state index is 0.0643. The van der Waals surface area contributed by atoms with E-state index < -0.39 is 11.0 Å². The molecule has 0 spiro atoms. The van der Waals surface area contributed by atoms with Crippen LogP contribution in [-0.4, -0.2) is 47.3 Å². The molecule has 1 amide bonds. The van der Waals surface area contributed by atoms with Gasteiger partial charge in [-0.3, -0.25) is 10.1 Å². The minimum Gasteiger partial charge on any atom is -0.467 e. The number of nitrogens with two attached hydrogens (primary N) is 1. The van der Waals surface area contributed by atoms with Crippen LogP contribution >= 0.6 is 0 Å². The fourth-order valence-electron chi connectivity index (χ4n) is 2.71. The average Bonchev–Trinajstić information content (AvgIpc) is 3.00. The van der Waals surface area contributed by atoms with Crippen molar-refractivity contribution in [3.05, 3.63) is 28.3 Å². The van der Waals surface area contributed by atoms with Crippen molar-refractivity contribution in [1.82, 2.24) is 9.97 Å². The molecule has 24 heavy (non-hydrogen) atoms. The second-order valence-electron chi connectivity index (χ2n) is 5.29. The molecule has 1 aliphatic heterocycles. The van der Waals surface area contributed by atoms with Crippen molar-refractivity contribution in [2.45, 2.75) is 12.5 Å². The van der Waals surface area contributed by atoms with Gasteiger partial charge < -0.3 is 20.1 Å². The van der Waals surface area contributed by atoms with E-state index in [1.807, 2.05) is 4.90 Å². The van der Waals surface area contributed by atoms with E-state index in [1.165, 1.54) is 19.2 Å². The summed E-state index contributed by atoms with van der Waals surface area (Å²) in [5.41, 5.74) is 5.39. The van der Waals surface area contributed by atoms with Crippen molar-refractivity contribution in [3.63, 3.8) is 0 Å². The molecule has 0 aliphatic carbocycles. The second kappa shape index (κ2) is 6.14. The number of fused-ring (bicyclic) bond motifs is 1. The highest BCUT2D eigenvalue weighted by molar-refractivity contribution is 5.91. The quantitative estimate of drug-likeness (QED) is 0.652. The lowest BCUT2D eigenvalue weighted by atomic mass is 10.2. The maximum absolute atomic E-state index is 10.9. The number of nitro benzene ring substituents is 1. The van der Waals surface area contributed by atoms with Crippen LogP contribution in [0, 0.1) is 10.1 Å². The minimum atomic E-state index is -0.817. The molecule has 0 radical (unpaired) electrons. The monoisotopic (exact) mass is 333 g/mol. The van der Waals surface area contributed by atoms with Crippen LogP contribution in [0.25, 0.3) is 10.9 Å². The Hall–Kier alpha value is -3.17. The molecule has 2 N–H and O–H groups in total. The molecule has 1 saturated heterocycles. The summed E-state index contributed by atoms with van der Waals surface area (Å²) in [5.74, 6) is 0.572. The number of nitro groups is 1. The average molecular weight is 333 g/mol. The van der Waals surface area contributed by atoms with Gasteiger partial charge >= 0.3 is 12.1 Å². The van der Waals surface area contributed by atoms with Gasteiger partial charge in [0, 0.05) is 30.5 Å². The van der Waals surface area contributed by atoms with E-state index >= 15 is 0 Å². The summed E-state index contributed by atoms with van der Waals surface area (Å²) in [7, 11) is 1.42. The standard InChI is InChI=1S/C14H15N5O5/c1-23-14-16-11-6-8(19(21)22)2-3-10(11)12(17-14)18-5-4-9(7-18)24-13(15)20/h2-3,6,9H,4-5,7H2,1H3,(H2,15,20). The number of carbonyl (C=O) groups excluding carboxylic acids is 1. The maximum Gasteiger partial charge on any atom is 0.404 e. The summed E-state index contributed by atoms with van der Waals surface area (Å²) in [6.45, 7) is 1.03. The zero-order chi connectivity index (χ0) is 17.3. The van der Waals surface area contributed by atoms with Crippen molar-refractivity contribution in [3.8, 4) is 6.01 Å². The van der Waals surface area contributed by atoms with Gasteiger partial charge in [-0.05, 0) is 6.07 Å². The molecule has 0 bridgehead atoms. The van der Waals surface area contributed by atoms with Crippen LogP contribution in [0.15, 0.2) is 18.2 Å². The van der Waals surface area contributed by atoms with Crippen molar-refractivity contribution in [2.24, 2.45) is 5.73 Å². The molecule has 1 unspecified atom stereocenters. The Morgan fingerprint density at radius 2 is 2.25 bits per heavy atom. The number of aromatic nitrogens is 2. The Bertz CT molecular complexity index is 811. The van der Waals surface area contributed by atoms with E-state index in [0.29, 0.717) is 36.2 Å². The summed E-state index contributed by atoms with van der Waals surface area (Å²) in [4.78, 5) is 31.8. The normalized spacial score (nSPS) is 17.0. The molecule has 0 saturated carbocycles. The Balaban J connectivity index is 2.00. The van der Waals surface area contributed by atoms with Crippen molar-refractivity contribution in [1.29, 1.82) is 0 Å². The van der Waals surface area contributed by atoms with Crippen LogP contribution in [0.5, 0.6) is 6.01 Å². The molecule has 10 nitrogen and oxygen atoms in total. The molecular formula is C14H15N5O5. The van der Waals surface area contributed by atoms with Crippen molar-refractivity contribution < 1.29 is 19.2 Å². The first kappa shape index (κ1) is 15.7. The number of primary amides is 1. The lowest BCUT2D eigenvalue weighted by molar-refractivity contribution is -0.384. The first-order valence-corrected chi connectivity index (χ1v) is 7.19. The van der Waals surface area contributed by atoms with Crippen LogP contribution in [0.4, 0.5) is 16.3 Å². The fourth-order valence-corrected chi connectivity index (χ4v) is 2.71. The third-order valence-corrected chi connectivity index (χ3v) is 3.76. The van der Waals surface area contributed by atoms with Gasteiger partial charge in [-0.15, -0.1) is 0 Å². The number of hydrogen-bond donors (Lipinski definition) is 1. The van der Waals surface area contributed by atoms with Crippen molar-refractivity contribution in [2.75, 3.05) is 25.1 Å². The molecule has 1 aromatic carbocycles. The topological polar surface area (TPSA) is 134 Å². The predicted octanol–water partition coefficient (Wildman–Crippen LogP) is 1.22. The Labute approximate surface area is 136 Å². The third-order valence-electron chi connectivity index (χ3n) is 3.76. The summed E-state index contributed by atoms with van der Waals surface area (Å²) >= 11 is 0. The molecule has 1 fully saturated rings. The van der Waals surface area contributed by atoms with Crippen molar-refractivity contribution >= 4 is 28.5 Å². The van der Waals surface area contributed by atoms with E-state index in [0.717, 1.165) is 0 Å². The number of nitrogens with zero attached hydrogens (tertiary/aromatic N) is 4. The molecule has 126 valence electrons. The highest BCUT2D eigenvalue weighted by Gasteiger charge is 2.28. The zero-order valence-electron chi connectivity index (χ0n) is 12.8. The zero-order valence-corrected chi connectivity index (χ0v) is 12.8. The number of carbonyl (C=O) groups is 1. The maximum atomic E-state index is 10.9. The van der Waals surface area contributed by atoms with E-state index in [9.17, 15) is 14.9 Å². The van der Waals surface area contributed by atoms with Gasteiger partial charge in [-0.25, -0.2) is 4.79 Å². The summed E-state index contributed by atoms with van der Waals surface area (Å²) in [5, 5.41) is 11.6. The molecule has 1 aliphatic rings. The predicted molar refractivity (Wildman–Crippen MR) is 84.0 cm³/mol. The number of ether oxygens (including phenoxy) is 2. The van der Waals surface area contributed by atoms with Gasteiger partial charge in [0.25, 0.3) is 5.69 Å². The summed E-state index contributed by atoms with van der Waals surface area (Å²) in [6, 6.07) is 4.48. The van der Waals surface area contributed by atoms with Crippen LogP contribution in [-0.2, 0) is 4.74 Å². The van der Waals surface area contributed by atoms with Gasteiger partial charge in [0.15, 0.2) is 0 Å². The van der Waals surface area contributed by atoms with Gasteiger partial charge in [0.1, 0.15) is 11.9 Å². The van der Waals surface area contributed by atoms with Crippen LogP contribution in [0.3, 0.4) is 0 Å². The number of amides is 1. The molecule has 2 heterocycles. The van der Waals surface area contributed by atoms with E-state index in [4.69, 9.17) is 15.2 Å². The smallest absolute Gasteiger partial charge is 0.404 e. The SMILES string of the molecule is COc1nc(N2CCC(OC(N)=O)C2)c2ccc([N+](=O)[O-])cc2n1. The second-order valence-corrected chi connectivity index (χ2v) is 5.29. The van der Waals surface area contributed by atoms with Gasteiger partial charge in [-0.2, -0.15) is 9.97 Å². The Morgan fingerprint density at radius 1 is 1.46 bits per heavy atom. The van der Waals surface area contributed by atoms with Crippen LogP contribution in [0.2, 0.25) is 0 Å². The highest BCUT2D eigenvalue weighted by atomic mass is 16.6. The van der Waals surface area contributed by atoms with Crippen LogP contribution in [0.1, 0.15) is 6.42 Å². The van der Waals surface area contributed by atoms with E-state index in [2.05, 4.69) is 9.97 Å². The van der Waals surface area contributed by atoms with E-state index in [1.54, 1.807) is 6.07 Å². The molecular weight excluding hydrogens is 318 g/mol. The molecule has 1 aromatic heterocycles. The highest BCUT2D eigenvalue weighted by Crippen LogP contribution is 2.31. The third kappa shape index (κ3) is 2.98. The largest absolute Gasteiger partial charge is 0.467 e. The number of hydrogen-bond acceptors (Lipinski definition) is 8. The molecule has 2 aromatic rings. The lowest BCUT2D eigenvalue weighted by Crippen LogP contribution is -2.27. The van der Waals surface area contributed by atoms with Gasteiger partial charge in [0.2, 0.25) is 0 Å². The lowest BCUT2D eigenvalue weighted by Gasteiger charge is -2.19. The van der Waals surface area contributed by atoms with Gasteiger partial charge in [0.05, 0.1) is 24.1 Å². The first-order chi connectivity index (χ1) is 11.5. The summed E-state index contributed by atoms with van der Waals surface area (Å²) in [6.07, 6.45) is -0.525. The Morgan fingerprint density at radius 3 is 2.92 bits per heavy atom. The van der Waals surface area contributed by atoms with Gasteiger partial charge in [-0.1, -0.05) is 0 Å². The first-order valence-electron chi connectivity index (χ1n) is 7.19. The number of benzene rings is 1.